The molecule has 0 spiro atoms. The fourth-order valence-electron chi connectivity index (χ4n) is 2.03. The quantitative estimate of drug-likeness (QED) is 0.709. The van der Waals surface area contributed by atoms with Crippen LogP contribution < -0.4 is 5.73 Å². The highest BCUT2D eigenvalue weighted by molar-refractivity contribution is 7.17. The van der Waals surface area contributed by atoms with Gasteiger partial charge in [-0.1, -0.05) is 29.8 Å². The van der Waals surface area contributed by atoms with E-state index in [-0.39, 0.29) is 6.04 Å². The molecule has 0 amide bonds. The first-order valence-corrected chi connectivity index (χ1v) is 7.72. The summed E-state index contributed by atoms with van der Waals surface area (Å²) in [6, 6.07) is 10.4. The third-order valence-corrected chi connectivity index (χ3v) is 5.65. The van der Waals surface area contributed by atoms with Gasteiger partial charge in [-0.05, 0) is 40.9 Å². The number of benzene rings is 1. The maximum absolute atomic E-state index is 6.37. The molecule has 0 aliphatic carbocycles. The maximum atomic E-state index is 6.37. The summed E-state index contributed by atoms with van der Waals surface area (Å²) in [6.45, 7) is 2.01. The number of nitrogens with two attached hydrogens (primary N) is 1. The van der Waals surface area contributed by atoms with Crippen LogP contribution in [0.5, 0.6) is 0 Å². The molecule has 92 valence electrons. The first-order valence-electron chi connectivity index (χ1n) is 5.64. The third kappa shape index (κ3) is 1.97. The van der Waals surface area contributed by atoms with Crippen molar-refractivity contribution in [2.24, 2.45) is 5.73 Å². The molecule has 4 heteroatoms. The smallest absolute Gasteiger partial charge is 0.0961 e. The van der Waals surface area contributed by atoms with Crippen LogP contribution in [0.2, 0.25) is 4.34 Å². The molecule has 1 nitrogen and oxygen atoms in total. The number of rotatable bonds is 2. The zero-order valence-electron chi connectivity index (χ0n) is 9.81. The lowest BCUT2D eigenvalue weighted by Crippen LogP contribution is -2.09. The zero-order valence-corrected chi connectivity index (χ0v) is 12.2. The predicted octanol–water partition coefficient (Wildman–Crippen LogP) is 4.97. The molecule has 2 heterocycles. The molecule has 0 bridgehead atoms. The Morgan fingerprint density at radius 3 is 2.78 bits per heavy atom. The highest BCUT2D eigenvalue weighted by atomic mass is 35.5. The summed E-state index contributed by atoms with van der Waals surface area (Å²) in [7, 11) is 0. The van der Waals surface area contributed by atoms with Crippen LogP contribution in [0, 0.1) is 6.92 Å². The topological polar surface area (TPSA) is 26.0 Å². The molecule has 3 rings (SSSR count). The summed E-state index contributed by atoms with van der Waals surface area (Å²) in [4.78, 5) is 1.13. The van der Waals surface area contributed by atoms with Crippen molar-refractivity contribution in [2.45, 2.75) is 13.0 Å². The second-order valence-corrected chi connectivity index (χ2v) is 6.87. The number of halogens is 1. The van der Waals surface area contributed by atoms with E-state index >= 15 is 0 Å². The lowest BCUT2D eigenvalue weighted by molar-refractivity contribution is 0.907. The molecule has 0 radical (unpaired) electrons. The predicted molar refractivity (Wildman–Crippen MR) is 81.9 cm³/mol. The molecular weight excluding hydrogens is 282 g/mol. The van der Waals surface area contributed by atoms with E-state index in [1.54, 1.807) is 22.7 Å². The van der Waals surface area contributed by atoms with Gasteiger partial charge in [0.25, 0.3) is 0 Å². The van der Waals surface area contributed by atoms with Crippen molar-refractivity contribution in [1.82, 2.24) is 0 Å². The average Bonchev–Trinajstić information content (AvgIpc) is 2.93. The Morgan fingerprint density at radius 1 is 1.28 bits per heavy atom. The monoisotopic (exact) mass is 293 g/mol. The Balaban J connectivity index is 2.09. The molecule has 0 aliphatic rings. The molecule has 0 fully saturated rings. The highest BCUT2D eigenvalue weighted by Crippen LogP contribution is 2.37. The van der Waals surface area contributed by atoms with Crippen LogP contribution in [0.15, 0.2) is 35.7 Å². The fourth-order valence-corrected chi connectivity index (χ4v) is 4.27. The summed E-state index contributed by atoms with van der Waals surface area (Å²) >= 11 is 9.43. The Kier molecular flexibility index (Phi) is 3.16. The summed E-state index contributed by atoms with van der Waals surface area (Å²) in [5, 5.41) is 3.40. The van der Waals surface area contributed by atoms with Crippen LogP contribution >= 0.6 is 34.3 Å². The molecule has 1 unspecified atom stereocenters. The molecular formula is C14H12ClNS2. The summed E-state index contributed by atoms with van der Waals surface area (Å²) in [5.41, 5.74) is 8.66. The molecule has 0 aliphatic heterocycles. The van der Waals surface area contributed by atoms with Crippen molar-refractivity contribution in [3.63, 3.8) is 0 Å². The van der Waals surface area contributed by atoms with E-state index in [9.17, 15) is 0 Å². The minimum atomic E-state index is -0.0858. The lowest BCUT2D eigenvalue weighted by atomic mass is 10.1. The standard InChI is InChI=1S/C14H12ClNS2/c1-8-6-12(18-14(8)15)13(16)10-7-17-11-5-3-2-4-9(10)11/h2-7,13H,16H2,1H3. The molecule has 1 aromatic carbocycles. The van der Waals surface area contributed by atoms with Crippen LogP contribution in [0.25, 0.3) is 10.1 Å². The van der Waals surface area contributed by atoms with Crippen molar-refractivity contribution in [1.29, 1.82) is 0 Å². The summed E-state index contributed by atoms with van der Waals surface area (Å²) in [5.74, 6) is 0. The van der Waals surface area contributed by atoms with Crippen LogP contribution in [0.1, 0.15) is 22.0 Å². The minimum Gasteiger partial charge on any atom is -0.320 e. The van der Waals surface area contributed by atoms with Crippen molar-refractivity contribution < 1.29 is 0 Å². The van der Waals surface area contributed by atoms with Gasteiger partial charge in [-0.3, -0.25) is 0 Å². The van der Waals surface area contributed by atoms with Gasteiger partial charge < -0.3 is 5.73 Å². The molecule has 2 N–H and O–H groups in total. The zero-order chi connectivity index (χ0) is 12.7. The SMILES string of the molecule is Cc1cc(C(N)c2csc3ccccc23)sc1Cl. The van der Waals surface area contributed by atoms with E-state index in [2.05, 4.69) is 35.7 Å². The first kappa shape index (κ1) is 12.2. The maximum Gasteiger partial charge on any atom is 0.0961 e. The van der Waals surface area contributed by atoms with Gasteiger partial charge in [0.05, 0.1) is 10.4 Å². The normalized spacial score (nSPS) is 13.1. The Morgan fingerprint density at radius 2 is 2.06 bits per heavy atom. The van der Waals surface area contributed by atoms with Crippen LogP contribution in [0.3, 0.4) is 0 Å². The van der Waals surface area contributed by atoms with Gasteiger partial charge >= 0.3 is 0 Å². The second-order valence-electron chi connectivity index (χ2n) is 4.27. The van der Waals surface area contributed by atoms with Crippen molar-refractivity contribution in [3.8, 4) is 0 Å². The van der Waals surface area contributed by atoms with Crippen LogP contribution in [-0.2, 0) is 0 Å². The summed E-state index contributed by atoms with van der Waals surface area (Å²) in [6.07, 6.45) is 0. The molecule has 3 aromatic rings. The van der Waals surface area contributed by atoms with Gasteiger partial charge in [0, 0.05) is 9.58 Å². The van der Waals surface area contributed by atoms with Gasteiger partial charge in [-0.2, -0.15) is 0 Å². The average molecular weight is 294 g/mol. The van der Waals surface area contributed by atoms with E-state index in [0.29, 0.717) is 0 Å². The number of aryl methyl sites for hydroxylation is 1. The highest BCUT2D eigenvalue weighted by Gasteiger charge is 2.16. The van der Waals surface area contributed by atoms with E-state index in [0.717, 1.165) is 14.8 Å². The van der Waals surface area contributed by atoms with E-state index in [1.165, 1.54) is 15.6 Å². The van der Waals surface area contributed by atoms with Crippen LogP contribution in [-0.4, -0.2) is 0 Å². The van der Waals surface area contributed by atoms with E-state index in [4.69, 9.17) is 17.3 Å². The number of thiophene rings is 2. The lowest BCUT2D eigenvalue weighted by Gasteiger charge is -2.08. The van der Waals surface area contributed by atoms with Crippen molar-refractivity contribution >= 4 is 44.4 Å². The van der Waals surface area contributed by atoms with Crippen molar-refractivity contribution in [3.05, 3.63) is 56.1 Å². The summed E-state index contributed by atoms with van der Waals surface area (Å²) < 4.78 is 2.11. The third-order valence-electron chi connectivity index (χ3n) is 3.03. The number of fused-ring (bicyclic) bond motifs is 1. The number of hydrogen-bond acceptors (Lipinski definition) is 3. The Labute approximate surface area is 119 Å². The van der Waals surface area contributed by atoms with Crippen LogP contribution in [0.4, 0.5) is 0 Å². The van der Waals surface area contributed by atoms with Gasteiger partial charge in [0.2, 0.25) is 0 Å². The first-order chi connectivity index (χ1) is 8.66. The molecule has 0 saturated carbocycles. The van der Waals surface area contributed by atoms with E-state index < -0.39 is 0 Å². The van der Waals surface area contributed by atoms with Gasteiger partial charge in [-0.25, -0.2) is 0 Å². The molecule has 1 atom stereocenters. The largest absolute Gasteiger partial charge is 0.320 e. The fraction of sp³-hybridized carbons (Fsp3) is 0.143. The Hall–Kier alpha value is -0.870. The molecule has 18 heavy (non-hydrogen) atoms. The second kappa shape index (κ2) is 4.67. The van der Waals surface area contributed by atoms with Gasteiger partial charge in [0.1, 0.15) is 0 Å². The minimum absolute atomic E-state index is 0.0858. The molecule has 0 saturated heterocycles. The van der Waals surface area contributed by atoms with Gasteiger partial charge in [0.15, 0.2) is 0 Å². The van der Waals surface area contributed by atoms with E-state index in [1.807, 2.05) is 6.92 Å². The van der Waals surface area contributed by atoms with Gasteiger partial charge in [-0.15, -0.1) is 22.7 Å². The molecule has 2 aromatic heterocycles. The number of hydrogen-bond donors (Lipinski definition) is 1. The Bertz CT molecular complexity index is 679. The van der Waals surface area contributed by atoms with Crippen molar-refractivity contribution in [2.75, 3.05) is 0 Å².